The summed E-state index contributed by atoms with van der Waals surface area (Å²) in [5.74, 6) is -0.691. The van der Waals surface area contributed by atoms with E-state index in [1.54, 1.807) is 13.8 Å². The summed E-state index contributed by atoms with van der Waals surface area (Å²) in [6, 6.07) is 8.01. The van der Waals surface area contributed by atoms with Crippen LogP contribution in [-0.4, -0.2) is 28.1 Å². The van der Waals surface area contributed by atoms with Gasteiger partial charge in [-0.15, -0.1) is 0 Å². The molecule has 0 radical (unpaired) electrons. The molecule has 0 unspecified atom stereocenters. The van der Waals surface area contributed by atoms with Crippen molar-refractivity contribution in [3.8, 4) is 5.69 Å². The van der Waals surface area contributed by atoms with Crippen LogP contribution in [0.15, 0.2) is 24.3 Å². The van der Waals surface area contributed by atoms with Gasteiger partial charge in [0.15, 0.2) is 5.69 Å². The Kier molecular flexibility index (Phi) is 4.37. The summed E-state index contributed by atoms with van der Waals surface area (Å²) in [6.45, 7) is 5.65. The predicted molar refractivity (Wildman–Crippen MR) is 95.6 cm³/mol. The summed E-state index contributed by atoms with van der Waals surface area (Å²) in [5.41, 5.74) is 9.26. The van der Waals surface area contributed by atoms with Crippen LogP contribution in [0.5, 0.6) is 0 Å². The number of fused-ring (bicyclic) bond motifs is 1. The minimum atomic E-state index is -0.794. The fourth-order valence-electron chi connectivity index (χ4n) is 3.09. The van der Waals surface area contributed by atoms with Crippen LogP contribution in [0.4, 0.5) is 0 Å². The number of carbonyl (C=O) groups is 2. The van der Waals surface area contributed by atoms with E-state index in [4.69, 9.17) is 5.73 Å². The molecule has 25 heavy (non-hydrogen) atoms. The number of hydrogen-bond acceptors (Lipinski definition) is 3. The lowest BCUT2D eigenvalue weighted by Gasteiger charge is -2.20. The number of aromatic nitrogens is 2. The highest BCUT2D eigenvalue weighted by molar-refractivity contribution is 5.94. The standard InChI is InChI=1S/C19H24N4O2/c1-12-7-4-5-9-14(12)23-15-10-6-8-13(15)16(22-23)17(24)21-11-19(2,3)18(20)25/h4-5,7,9H,6,8,10-11H2,1-3H3,(H2,20,25)(H,21,24). The molecule has 1 aromatic carbocycles. The van der Waals surface area contributed by atoms with Crippen molar-refractivity contribution in [2.75, 3.05) is 6.54 Å². The van der Waals surface area contributed by atoms with E-state index in [0.717, 1.165) is 41.8 Å². The maximum atomic E-state index is 12.7. The minimum absolute atomic E-state index is 0.188. The first-order valence-corrected chi connectivity index (χ1v) is 8.56. The van der Waals surface area contributed by atoms with E-state index in [-0.39, 0.29) is 12.5 Å². The third kappa shape index (κ3) is 3.16. The first-order valence-electron chi connectivity index (χ1n) is 8.56. The molecule has 0 aliphatic heterocycles. The maximum Gasteiger partial charge on any atom is 0.272 e. The molecule has 0 atom stereocenters. The molecule has 1 aliphatic carbocycles. The lowest BCUT2D eigenvalue weighted by Crippen LogP contribution is -2.42. The predicted octanol–water partition coefficient (Wildman–Crippen LogP) is 1.91. The Balaban J connectivity index is 1.91. The van der Waals surface area contributed by atoms with Gasteiger partial charge in [0.2, 0.25) is 5.91 Å². The Morgan fingerprint density at radius 3 is 2.68 bits per heavy atom. The number of para-hydroxylation sites is 1. The highest BCUT2D eigenvalue weighted by atomic mass is 16.2. The van der Waals surface area contributed by atoms with Gasteiger partial charge < -0.3 is 11.1 Å². The summed E-state index contributed by atoms with van der Waals surface area (Å²) >= 11 is 0. The van der Waals surface area contributed by atoms with Gasteiger partial charge in [0, 0.05) is 17.8 Å². The Hall–Kier alpha value is -2.63. The van der Waals surface area contributed by atoms with Crippen molar-refractivity contribution in [3.63, 3.8) is 0 Å². The van der Waals surface area contributed by atoms with Gasteiger partial charge in [0.05, 0.1) is 11.1 Å². The summed E-state index contributed by atoms with van der Waals surface area (Å²) in [5, 5.41) is 7.41. The second-order valence-corrected chi connectivity index (χ2v) is 7.26. The van der Waals surface area contributed by atoms with Gasteiger partial charge >= 0.3 is 0 Å². The molecule has 1 aromatic heterocycles. The van der Waals surface area contributed by atoms with E-state index in [2.05, 4.69) is 10.4 Å². The van der Waals surface area contributed by atoms with Crippen molar-refractivity contribution < 1.29 is 9.59 Å². The van der Waals surface area contributed by atoms with Gasteiger partial charge in [-0.1, -0.05) is 18.2 Å². The molecular formula is C19H24N4O2. The molecule has 0 saturated carbocycles. The number of nitrogens with two attached hydrogens (primary N) is 1. The molecule has 6 heteroatoms. The molecule has 1 heterocycles. The van der Waals surface area contributed by atoms with E-state index in [1.807, 2.05) is 35.9 Å². The second-order valence-electron chi connectivity index (χ2n) is 7.26. The van der Waals surface area contributed by atoms with Crippen LogP contribution in [0.3, 0.4) is 0 Å². The summed E-state index contributed by atoms with van der Waals surface area (Å²) in [7, 11) is 0. The number of aryl methyl sites for hydroxylation is 1. The third-order valence-electron chi connectivity index (χ3n) is 4.85. The van der Waals surface area contributed by atoms with Gasteiger partial charge in [-0.05, 0) is 51.7 Å². The van der Waals surface area contributed by atoms with Crippen LogP contribution in [0.25, 0.3) is 5.69 Å². The van der Waals surface area contributed by atoms with Gasteiger partial charge in [-0.2, -0.15) is 5.10 Å². The van der Waals surface area contributed by atoms with Crippen molar-refractivity contribution >= 4 is 11.8 Å². The van der Waals surface area contributed by atoms with Gasteiger partial charge in [0.25, 0.3) is 5.91 Å². The second kappa shape index (κ2) is 6.35. The molecular weight excluding hydrogens is 316 g/mol. The first-order chi connectivity index (χ1) is 11.8. The third-order valence-corrected chi connectivity index (χ3v) is 4.85. The topological polar surface area (TPSA) is 90.0 Å². The number of hydrogen-bond donors (Lipinski definition) is 2. The van der Waals surface area contributed by atoms with Crippen LogP contribution >= 0.6 is 0 Å². The Bertz CT molecular complexity index is 836. The zero-order valence-corrected chi connectivity index (χ0v) is 14.9. The SMILES string of the molecule is Cc1ccccc1-n1nc(C(=O)NCC(C)(C)C(N)=O)c2c1CCC2. The number of amides is 2. The van der Waals surface area contributed by atoms with Crippen molar-refractivity contribution in [2.45, 2.75) is 40.0 Å². The molecule has 6 nitrogen and oxygen atoms in total. The van der Waals surface area contributed by atoms with Crippen molar-refractivity contribution in [3.05, 3.63) is 46.8 Å². The normalized spacial score (nSPS) is 13.6. The van der Waals surface area contributed by atoms with E-state index >= 15 is 0 Å². The molecule has 0 spiro atoms. The molecule has 1 aliphatic rings. The molecule has 0 bridgehead atoms. The van der Waals surface area contributed by atoms with Crippen molar-refractivity contribution in [2.24, 2.45) is 11.1 Å². The lowest BCUT2D eigenvalue weighted by atomic mass is 9.93. The number of benzene rings is 1. The average Bonchev–Trinajstić information content (AvgIpc) is 3.15. The van der Waals surface area contributed by atoms with Crippen LogP contribution in [0.1, 0.15) is 47.6 Å². The molecule has 0 fully saturated rings. The maximum absolute atomic E-state index is 12.7. The molecule has 2 amide bonds. The Labute approximate surface area is 147 Å². The minimum Gasteiger partial charge on any atom is -0.369 e. The summed E-state index contributed by atoms with van der Waals surface area (Å²) < 4.78 is 1.89. The monoisotopic (exact) mass is 340 g/mol. The Morgan fingerprint density at radius 2 is 2.00 bits per heavy atom. The van der Waals surface area contributed by atoms with Crippen molar-refractivity contribution in [1.82, 2.24) is 15.1 Å². The zero-order chi connectivity index (χ0) is 18.2. The van der Waals surface area contributed by atoms with E-state index in [0.29, 0.717) is 5.69 Å². The van der Waals surface area contributed by atoms with Crippen LogP contribution < -0.4 is 11.1 Å². The number of nitrogens with one attached hydrogen (secondary N) is 1. The van der Waals surface area contributed by atoms with E-state index in [1.165, 1.54) is 0 Å². The summed E-state index contributed by atoms with van der Waals surface area (Å²) in [4.78, 5) is 24.1. The van der Waals surface area contributed by atoms with Crippen LogP contribution in [0.2, 0.25) is 0 Å². The fraction of sp³-hybridized carbons (Fsp3) is 0.421. The van der Waals surface area contributed by atoms with Crippen LogP contribution in [0, 0.1) is 12.3 Å². The highest BCUT2D eigenvalue weighted by Crippen LogP contribution is 2.29. The number of carbonyl (C=O) groups excluding carboxylic acids is 2. The van der Waals surface area contributed by atoms with Crippen LogP contribution in [-0.2, 0) is 17.6 Å². The first kappa shape index (κ1) is 17.2. The van der Waals surface area contributed by atoms with Crippen molar-refractivity contribution in [1.29, 1.82) is 0 Å². The molecule has 0 saturated heterocycles. The average molecular weight is 340 g/mol. The fourth-order valence-corrected chi connectivity index (χ4v) is 3.09. The van der Waals surface area contributed by atoms with Gasteiger partial charge in [-0.25, -0.2) is 4.68 Å². The van der Waals surface area contributed by atoms with E-state index in [9.17, 15) is 9.59 Å². The lowest BCUT2D eigenvalue weighted by molar-refractivity contribution is -0.125. The van der Waals surface area contributed by atoms with Gasteiger partial charge in [0.1, 0.15) is 0 Å². The van der Waals surface area contributed by atoms with Gasteiger partial charge in [-0.3, -0.25) is 9.59 Å². The molecule has 132 valence electrons. The number of nitrogens with zero attached hydrogens (tertiary/aromatic N) is 2. The van der Waals surface area contributed by atoms with E-state index < -0.39 is 11.3 Å². The molecule has 3 N–H and O–H groups in total. The molecule has 2 aromatic rings. The zero-order valence-electron chi connectivity index (χ0n) is 14.9. The Morgan fingerprint density at radius 1 is 1.28 bits per heavy atom. The quantitative estimate of drug-likeness (QED) is 0.871. The number of primary amides is 1. The molecule has 3 rings (SSSR count). The summed E-state index contributed by atoms with van der Waals surface area (Å²) in [6.07, 6.45) is 2.78. The smallest absolute Gasteiger partial charge is 0.272 e. The number of rotatable bonds is 5. The largest absolute Gasteiger partial charge is 0.369 e. The highest BCUT2D eigenvalue weighted by Gasteiger charge is 2.30.